The van der Waals surface area contributed by atoms with Crippen molar-refractivity contribution in [2.75, 3.05) is 6.54 Å². The Labute approximate surface area is 108 Å². The van der Waals surface area contributed by atoms with Crippen LogP contribution in [-0.4, -0.2) is 12.6 Å². The minimum Gasteiger partial charge on any atom is -0.314 e. The van der Waals surface area contributed by atoms with E-state index in [0.717, 1.165) is 19.4 Å². The first-order valence-corrected chi connectivity index (χ1v) is 6.93. The Morgan fingerprint density at radius 3 is 2.83 bits per heavy atom. The predicted octanol–water partition coefficient (Wildman–Crippen LogP) is 3.82. The molecule has 3 heteroatoms. The van der Waals surface area contributed by atoms with Crippen LogP contribution in [0.25, 0.3) is 0 Å². The Kier molecular flexibility index (Phi) is 5.12. The quantitative estimate of drug-likeness (QED) is 0.863. The van der Waals surface area contributed by atoms with E-state index in [1.807, 2.05) is 0 Å². The van der Waals surface area contributed by atoms with Gasteiger partial charge in [0.15, 0.2) is 11.6 Å². The molecule has 2 rings (SSSR count). The topological polar surface area (TPSA) is 12.0 Å². The average molecular weight is 253 g/mol. The van der Waals surface area contributed by atoms with E-state index in [4.69, 9.17) is 0 Å². The van der Waals surface area contributed by atoms with Gasteiger partial charge in [0.1, 0.15) is 0 Å². The first-order valence-electron chi connectivity index (χ1n) is 6.93. The van der Waals surface area contributed by atoms with Gasteiger partial charge in [0.2, 0.25) is 0 Å². The summed E-state index contributed by atoms with van der Waals surface area (Å²) >= 11 is 0. The Bertz CT molecular complexity index is 371. The third kappa shape index (κ3) is 3.77. The highest BCUT2D eigenvalue weighted by Crippen LogP contribution is 2.17. The van der Waals surface area contributed by atoms with Crippen molar-refractivity contribution in [1.29, 1.82) is 0 Å². The fourth-order valence-electron chi connectivity index (χ4n) is 2.60. The first-order chi connectivity index (χ1) is 8.77. The second-order valence-electron chi connectivity index (χ2n) is 5.11. The van der Waals surface area contributed by atoms with Crippen LogP contribution in [-0.2, 0) is 6.42 Å². The predicted molar refractivity (Wildman–Crippen MR) is 69.6 cm³/mol. The molecule has 1 aromatic carbocycles. The van der Waals surface area contributed by atoms with Gasteiger partial charge in [-0.1, -0.05) is 31.4 Å². The molecule has 1 nitrogen and oxygen atoms in total. The standard InChI is InChI=1S/C15H21F2N/c16-14-8-5-6-12(15(14)17)9-10-13-7-3-1-2-4-11-18-13/h5-6,8,13,18H,1-4,7,9-11H2. The Balaban J connectivity index is 1.87. The largest absolute Gasteiger partial charge is 0.314 e. The first kappa shape index (κ1) is 13.5. The zero-order chi connectivity index (χ0) is 12.8. The van der Waals surface area contributed by atoms with Crippen LogP contribution < -0.4 is 5.32 Å². The third-order valence-corrected chi connectivity index (χ3v) is 3.71. The van der Waals surface area contributed by atoms with Gasteiger partial charge in [0, 0.05) is 6.04 Å². The van der Waals surface area contributed by atoms with Crippen molar-refractivity contribution >= 4 is 0 Å². The van der Waals surface area contributed by atoms with E-state index < -0.39 is 11.6 Å². The van der Waals surface area contributed by atoms with Crippen molar-refractivity contribution in [1.82, 2.24) is 5.32 Å². The molecule has 0 saturated carbocycles. The van der Waals surface area contributed by atoms with Crippen LogP contribution in [0.15, 0.2) is 18.2 Å². The Hall–Kier alpha value is -0.960. The van der Waals surface area contributed by atoms with Gasteiger partial charge in [0.05, 0.1) is 0 Å². The lowest BCUT2D eigenvalue weighted by atomic mass is 9.98. The molecule has 0 aromatic heterocycles. The summed E-state index contributed by atoms with van der Waals surface area (Å²) in [5, 5.41) is 3.51. The van der Waals surface area contributed by atoms with Gasteiger partial charge in [-0.05, 0) is 43.9 Å². The van der Waals surface area contributed by atoms with Gasteiger partial charge in [-0.3, -0.25) is 0 Å². The van der Waals surface area contributed by atoms with E-state index in [1.54, 1.807) is 12.1 Å². The Morgan fingerprint density at radius 2 is 1.94 bits per heavy atom. The SMILES string of the molecule is Fc1cccc(CCC2CCCCCCN2)c1F. The normalized spacial score (nSPS) is 21.3. The van der Waals surface area contributed by atoms with Crippen LogP contribution >= 0.6 is 0 Å². The zero-order valence-electron chi connectivity index (χ0n) is 10.7. The van der Waals surface area contributed by atoms with E-state index >= 15 is 0 Å². The molecule has 100 valence electrons. The minimum absolute atomic E-state index is 0.452. The highest BCUT2D eigenvalue weighted by Gasteiger charge is 2.13. The molecule has 0 radical (unpaired) electrons. The van der Waals surface area contributed by atoms with E-state index in [9.17, 15) is 8.78 Å². The molecule has 1 aromatic rings. The minimum atomic E-state index is -0.738. The molecule has 0 bridgehead atoms. The van der Waals surface area contributed by atoms with Crippen molar-refractivity contribution in [3.8, 4) is 0 Å². The summed E-state index contributed by atoms with van der Waals surface area (Å²) in [6, 6.07) is 4.89. The maximum absolute atomic E-state index is 13.5. The highest BCUT2D eigenvalue weighted by molar-refractivity contribution is 5.19. The van der Waals surface area contributed by atoms with Crippen LogP contribution in [0.1, 0.15) is 44.1 Å². The van der Waals surface area contributed by atoms with Gasteiger partial charge in [0.25, 0.3) is 0 Å². The number of nitrogens with one attached hydrogen (secondary N) is 1. The molecule has 1 atom stereocenters. The average Bonchev–Trinajstić information content (AvgIpc) is 2.32. The maximum atomic E-state index is 13.5. The lowest BCUT2D eigenvalue weighted by Crippen LogP contribution is -2.31. The summed E-state index contributed by atoms with van der Waals surface area (Å²) in [4.78, 5) is 0. The second-order valence-corrected chi connectivity index (χ2v) is 5.11. The van der Waals surface area contributed by atoms with Gasteiger partial charge in [-0.2, -0.15) is 0 Å². The zero-order valence-corrected chi connectivity index (χ0v) is 10.7. The molecule has 0 aliphatic carbocycles. The summed E-state index contributed by atoms with van der Waals surface area (Å²) in [6.07, 6.45) is 7.72. The fourth-order valence-corrected chi connectivity index (χ4v) is 2.60. The second kappa shape index (κ2) is 6.83. The van der Waals surface area contributed by atoms with E-state index in [1.165, 1.54) is 31.7 Å². The molecular weight excluding hydrogens is 232 g/mol. The van der Waals surface area contributed by atoms with Gasteiger partial charge >= 0.3 is 0 Å². The lowest BCUT2D eigenvalue weighted by molar-refractivity contribution is 0.396. The van der Waals surface area contributed by atoms with E-state index in [-0.39, 0.29) is 0 Å². The lowest BCUT2D eigenvalue weighted by Gasteiger charge is -2.21. The molecule has 1 fully saturated rings. The molecule has 0 amide bonds. The molecule has 1 unspecified atom stereocenters. The summed E-state index contributed by atoms with van der Waals surface area (Å²) in [5.41, 5.74) is 0.499. The molecule has 1 heterocycles. The number of rotatable bonds is 3. The van der Waals surface area contributed by atoms with Crippen LogP contribution in [0, 0.1) is 11.6 Å². The van der Waals surface area contributed by atoms with Crippen molar-refractivity contribution in [2.45, 2.75) is 51.0 Å². The van der Waals surface area contributed by atoms with E-state index in [0.29, 0.717) is 18.0 Å². The molecule has 1 aliphatic heterocycles. The molecule has 1 saturated heterocycles. The van der Waals surface area contributed by atoms with Crippen molar-refractivity contribution < 1.29 is 8.78 Å². The van der Waals surface area contributed by atoms with Crippen LogP contribution in [0.2, 0.25) is 0 Å². The number of aryl methyl sites for hydroxylation is 1. The number of benzene rings is 1. The molecule has 1 N–H and O–H groups in total. The van der Waals surface area contributed by atoms with Crippen molar-refractivity contribution in [3.05, 3.63) is 35.4 Å². The summed E-state index contributed by atoms with van der Waals surface area (Å²) in [5.74, 6) is -1.42. The molecule has 1 aliphatic rings. The Morgan fingerprint density at radius 1 is 1.11 bits per heavy atom. The van der Waals surface area contributed by atoms with Gasteiger partial charge in [-0.15, -0.1) is 0 Å². The maximum Gasteiger partial charge on any atom is 0.162 e. The molecule has 18 heavy (non-hydrogen) atoms. The summed E-state index contributed by atoms with van der Waals surface area (Å²) < 4.78 is 26.6. The fraction of sp³-hybridized carbons (Fsp3) is 0.600. The molecular formula is C15H21F2N. The van der Waals surface area contributed by atoms with Crippen LogP contribution in [0.5, 0.6) is 0 Å². The third-order valence-electron chi connectivity index (χ3n) is 3.71. The number of hydrogen-bond acceptors (Lipinski definition) is 1. The monoisotopic (exact) mass is 253 g/mol. The van der Waals surface area contributed by atoms with Crippen molar-refractivity contribution in [2.24, 2.45) is 0 Å². The van der Waals surface area contributed by atoms with E-state index in [2.05, 4.69) is 5.32 Å². The smallest absolute Gasteiger partial charge is 0.162 e. The highest BCUT2D eigenvalue weighted by atomic mass is 19.2. The number of hydrogen-bond donors (Lipinski definition) is 1. The summed E-state index contributed by atoms with van der Waals surface area (Å²) in [6.45, 7) is 1.05. The van der Waals surface area contributed by atoms with Crippen LogP contribution in [0.4, 0.5) is 8.78 Å². The summed E-state index contributed by atoms with van der Waals surface area (Å²) in [7, 11) is 0. The number of halogens is 2. The molecule has 0 spiro atoms. The van der Waals surface area contributed by atoms with Crippen LogP contribution in [0.3, 0.4) is 0 Å². The van der Waals surface area contributed by atoms with Gasteiger partial charge < -0.3 is 5.32 Å². The van der Waals surface area contributed by atoms with Crippen molar-refractivity contribution in [3.63, 3.8) is 0 Å². The van der Waals surface area contributed by atoms with Gasteiger partial charge in [-0.25, -0.2) is 8.78 Å².